The van der Waals surface area contributed by atoms with E-state index < -0.39 is 0 Å². The van der Waals surface area contributed by atoms with Gasteiger partial charge in [0.05, 0.1) is 13.7 Å². The quantitative estimate of drug-likeness (QED) is 0.368. The Hall–Kier alpha value is -2.53. The van der Waals surface area contributed by atoms with Crippen molar-refractivity contribution < 1.29 is 19.0 Å². The first-order chi connectivity index (χ1) is 14.5. The second kappa shape index (κ2) is 12.2. The highest BCUT2D eigenvalue weighted by Gasteiger charge is 2.29. The molecular weight excluding hydrogens is 378 g/mol. The summed E-state index contributed by atoms with van der Waals surface area (Å²) in [4.78, 5) is 11.3. The summed E-state index contributed by atoms with van der Waals surface area (Å²) in [6.45, 7) is 5.64. The molecule has 2 aromatic rings. The average Bonchev–Trinajstić information content (AvgIpc) is 2.76. The molecule has 0 aliphatic rings. The van der Waals surface area contributed by atoms with E-state index in [0.717, 1.165) is 43.4 Å². The summed E-state index contributed by atoms with van der Waals surface area (Å²) in [5.41, 5.74) is 2.34. The Balaban J connectivity index is 2.09. The number of aryl methyl sites for hydroxylation is 1. The molecule has 5 heteroatoms. The first-order valence-corrected chi connectivity index (χ1v) is 10.5. The summed E-state index contributed by atoms with van der Waals surface area (Å²) in [5.74, 6) is 1.43. The molecule has 0 heterocycles. The van der Waals surface area contributed by atoms with E-state index in [0.29, 0.717) is 19.0 Å². The van der Waals surface area contributed by atoms with Gasteiger partial charge in [-0.1, -0.05) is 50.2 Å². The van der Waals surface area contributed by atoms with Crippen LogP contribution in [0.5, 0.6) is 11.5 Å². The highest BCUT2D eigenvalue weighted by atomic mass is 16.5. The van der Waals surface area contributed by atoms with Gasteiger partial charge in [-0.3, -0.25) is 4.79 Å². The molecule has 0 aliphatic heterocycles. The second-order valence-electron chi connectivity index (χ2n) is 8.20. The standard InChI is InChI=1S/C25H35NO4/c1-25(2,14-13-20-9-6-5-7-10-20)24(26-19-27)18-21-11-12-22(29-4)23(17-21)30-16-8-15-28-3/h5-7,9-12,17,19,24H,8,13-16,18H2,1-4H3,(H,26,27). The van der Waals surface area contributed by atoms with Gasteiger partial charge in [-0.05, 0) is 47.9 Å². The van der Waals surface area contributed by atoms with Gasteiger partial charge in [0.2, 0.25) is 6.41 Å². The van der Waals surface area contributed by atoms with Crippen molar-refractivity contribution in [3.8, 4) is 11.5 Å². The van der Waals surface area contributed by atoms with Crippen LogP contribution in [-0.2, 0) is 22.4 Å². The fraction of sp³-hybridized carbons (Fsp3) is 0.480. The topological polar surface area (TPSA) is 56.8 Å². The molecule has 1 atom stereocenters. The normalized spacial score (nSPS) is 12.3. The maximum Gasteiger partial charge on any atom is 0.207 e. The van der Waals surface area contributed by atoms with Gasteiger partial charge in [0.15, 0.2) is 11.5 Å². The molecule has 0 saturated heterocycles. The number of amides is 1. The minimum atomic E-state index is -0.0732. The van der Waals surface area contributed by atoms with E-state index in [1.165, 1.54) is 5.56 Å². The van der Waals surface area contributed by atoms with Crippen LogP contribution in [0.15, 0.2) is 48.5 Å². The predicted molar refractivity (Wildman–Crippen MR) is 120 cm³/mol. The SMILES string of the molecule is COCCCOc1cc(CC(NC=O)C(C)(C)CCc2ccccc2)ccc1OC. The molecule has 2 rings (SSSR count). The summed E-state index contributed by atoms with van der Waals surface area (Å²) in [7, 11) is 3.32. The Morgan fingerprint density at radius 1 is 1.00 bits per heavy atom. The third-order valence-electron chi connectivity index (χ3n) is 5.53. The van der Waals surface area contributed by atoms with E-state index in [1.807, 2.05) is 24.3 Å². The van der Waals surface area contributed by atoms with Gasteiger partial charge in [-0.2, -0.15) is 0 Å². The zero-order chi connectivity index (χ0) is 21.8. The molecule has 0 fully saturated rings. The Kier molecular flexibility index (Phi) is 9.68. The molecule has 164 valence electrons. The minimum Gasteiger partial charge on any atom is -0.493 e. The van der Waals surface area contributed by atoms with Crippen LogP contribution in [0.2, 0.25) is 0 Å². The molecule has 2 aromatic carbocycles. The number of nitrogens with one attached hydrogen (secondary N) is 1. The number of methoxy groups -OCH3 is 2. The van der Waals surface area contributed by atoms with E-state index in [-0.39, 0.29) is 11.5 Å². The van der Waals surface area contributed by atoms with Gasteiger partial charge >= 0.3 is 0 Å². The van der Waals surface area contributed by atoms with Crippen LogP contribution < -0.4 is 14.8 Å². The fourth-order valence-electron chi connectivity index (χ4n) is 3.51. The number of carbonyl (C=O) groups is 1. The van der Waals surface area contributed by atoms with Crippen LogP contribution in [0.1, 0.15) is 37.8 Å². The van der Waals surface area contributed by atoms with Crippen LogP contribution >= 0.6 is 0 Å². The van der Waals surface area contributed by atoms with Gasteiger partial charge in [-0.15, -0.1) is 0 Å². The van der Waals surface area contributed by atoms with Crippen molar-refractivity contribution in [1.82, 2.24) is 5.32 Å². The number of benzene rings is 2. The molecule has 0 radical (unpaired) electrons. The van der Waals surface area contributed by atoms with Gasteiger partial charge in [0.1, 0.15) is 0 Å². The van der Waals surface area contributed by atoms with E-state index >= 15 is 0 Å². The summed E-state index contributed by atoms with van der Waals surface area (Å²) < 4.78 is 16.4. The predicted octanol–water partition coefficient (Wildman–Crippen LogP) is 4.43. The lowest BCUT2D eigenvalue weighted by Crippen LogP contribution is -2.43. The summed E-state index contributed by atoms with van der Waals surface area (Å²) in [6, 6.07) is 16.4. The van der Waals surface area contributed by atoms with E-state index in [2.05, 4.69) is 43.4 Å². The number of carbonyl (C=O) groups excluding carboxylic acids is 1. The molecule has 0 bridgehead atoms. The molecule has 0 spiro atoms. The molecule has 1 N–H and O–H groups in total. The van der Waals surface area contributed by atoms with Crippen LogP contribution in [0.25, 0.3) is 0 Å². The number of hydrogen-bond donors (Lipinski definition) is 1. The largest absolute Gasteiger partial charge is 0.493 e. The molecule has 0 aliphatic carbocycles. The van der Waals surface area contributed by atoms with Crippen molar-refractivity contribution in [1.29, 1.82) is 0 Å². The minimum absolute atomic E-state index is 0.00782. The number of rotatable bonds is 14. The Labute approximate surface area is 180 Å². The van der Waals surface area contributed by atoms with Crippen LogP contribution in [0, 0.1) is 5.41 Å². The van der Waals surface area contributed by atoms with Crippen molar-refractivity contribution in [2.45, 2.75) is 45.6 Å². The lowest BCUT2D eigenvalue weighted by molar-refractivity contribution is -0.110. The lowest BCUT2D eigenvalue weighted by atomic mass is 9.77. The van der Waals surface area contributed by atoms with E-state index in [9.17, 15) is 4.79 Å². The molecule has 1 amide bonds. The van der Waals surface area contributed by atoms with Gasteiger partial charge in [0.25, 0.3) is 0 Å². The third kappa shape index (κ3) is 7.38. The average molecular weight is 414 g/mol. The smallest absolute Gasteiger partial charge is 0.207 e. The number of hydrogen-bond acceptors (Lipinski definition) is 4. The number of ether oxygens (including phenoxy) is 3. The molecule has 0 aromatic heterocycles. The zero-order valence-electron chi connectivity index (χ0n) is 18.6. The highest BCUT2D eigenvalue weighted by molar-refractivity contribution is 5.48. The van der Waals surface area contributed by atoms with Gasteiger partial charge in [-0.25, -0.2) is 0 Å². The van der Waals surface area contributed by atoms with Crippen molar-refractivity contribution in [3.05, 3.63) is 59.7 Å². The molecule has 0 saturated carbocycles. The Bertz CT molecular complexity index is 761. The Morgan fingerprint density at radius 2 is 1.77 bits per heavy atom. The first-order valence-electron chi connectivity index (χ1n) is 10.5. The van der Waals surface area contributed by atoms with Crippen LogP contribution in [-0.4, -0.2) is 39.9 Å². The molecule has 5 nitrogen and oxygen atoms in total. The van der Waals surface area contributed by atoms with Crippen LogP contribution in [0.3, 0.4) is 0 Å². The maximum atomic E-state index is 11.3. The monoisotopic (exact) mass is 413 g/mol. The van der Waals surface area contributed by atoms with Gasteiger partial charge in [0, 0.05) is 26.2 Å². The maximum absolute atomic E-state index is 11.3. The third-order valence-corrected chi connectivity index (χ3v) is 5.53. The second-order valence-corrected chi connectivity index (χ2v) is 8.20. The van der Waals surface area contributed by atoms with Crippen molar-refractivity contribution in [3.63, 3.8) is 0 Å². The van der Waals surface area contributed by atoms with Crippen molar-refractivity contribution in [2.75, 3.05) is 27.4 Å². The molecule has 30 heavy (non-hydrogen) atoms. The summed E-state index contributed by atoms with van der Waals surface area (Å²) >= 11 is 0. The summed E-state index contributed by atoms with van der Waals surface area (Å²) in [6.07, 6.45) is 4.28. The van der Waals surface area contributed by atoms with E-state index in [4.69, 9.17) is 14.2 Å². The highest BCUT2D eigenvalue weighted by Crippen LogP contribution is 2.33. The lowest BCUT2D eigenvalue weighted by Gasteiger charge is -2.34. The Morgan fingerprint density at radius 3 is 2.43 bits per heavy atom. The van der Waals surface area contributed by atoms with Gasteiger partial charge < -0.3 is 19.5 Å². The van der Waals surface area contributed by atoms with Crippen LogP contribution in [0.4, 0.5) is 0 Å². The van der Waals surface area contributed by atoms with Crippen molar-refractivity contribution in [2.24, 2.45) is 5.41 Å². The molecule has 1 unspecified atom stereocenters. The summed E-state index contributed by atoms with van der Waals surface area (Å²) in [5, 5.41) is 3.05. The van der Waals surface area contributed by atoms with Crippen molar-refractivity contribution >= 4 is 6.41 Å². The fourth-order valence-corrected chi connectivity index (χ4v) is 3.51. The first kappa shape index (κ1) is 23.7. The zero-order valence-corrected chi connectivity index (χ0v) is 18.6. The van der Waals surface area contributed by atoms with E-state index in [1.54, 1.807) is 14.2 Å². The molecular formula is C25H35NO4.